The van der Waals surface area contributed by atoms with Crippen LogP contribution in [0.1, 0.15) is 18.4 Å². The quantitative estimate of drug-likeness (QED) is 0.771. The molecule has 0 amide bonds. The van der Waals surface area contributed by atoms with Crippen molar-refractivity contribution in [2.24, 2.45) is 7.05 Å². The number of aromatic nitrogens is 2. The van der Waals surface area contributed by atoms with Gasteiger partial charge in [-0.25, -0.2) is 0 Å². The molecule has 4 nitrogen and oxygen atoms in total. The van der Waals surface area contributed by atoms with Crippen molar-refractivity contribution < 1.29 is 4.74 Å². The fourth-order valence-electron chi connectivity index (χ4n) is 1.73. The molecule has 0 spiro atoms. The highest BCUT2D eigenvalue weighted by Gasteiger charge is 2.12. The van der Waals surface area contributed by atoms with E-state index < -0.39 is 0 Å². The lowest BCUT2D eigenvalue weighted by Gasteiger charge is -2.22. The molecule has 1 atom stereocenters. The second kappa shape index (κ2) is 4.57. The molecule has 78 valence electrons. The minimum Gasteiger partial charge on any atom is -0.380 e. The molecule has 0 unspecified atom stereocenters. The molecule has 2 heterocycles. The highest BCUT2D eigenvalue weighted by Crippen LogP contribution is 2.06. The molecular weight excluding hydrogens is 178 g/mol. The Labute approximate surface area is 84.3 Å². The molecule has 0 aliphatic carbocycles. The molecule has 1 aromatic rings. The molecule has 1 aromatic heterocycles. The summed E-state index contributed by atoms with van der Waals surface area (Å²) in [5.74, 6) is 0. The maximum absolute atomic E-state index is 5.39. The van der Waals surface area contributed by atoms with Gasteiger partial charge in [-0.15, -0.1) is 0 Å². The van der Waals surface area contributed by atoms with Crippen molar-refractivity contribution in [3.05, 3.63) is 18.0 Å². The van der Waals surface area contributed by atoms with Crippen LogP contribution in [0.25, 0.3) is 0 Å². The molecule has 0 aromatic carbocycles. The van der Waals surface area contributed by atoms with Crippen LogP contribution in [0.3, 0.4) is 0 Å². The van der Waals surface area contributed by atoms with Gasteiger partial charge in [-0.2, -0.15) is 5.10 Å². The Hall–Kier alpha value is -0.870. The summed E-state index contributed by atoms with van der Waals surface area (Å²) in [6.45, 7) is 2.66. The largest absolute Gasteiger partial charge is 0.380 e. The summed E-state index contributed by atoms with van der Waals surface area (Å²) in [4.78, 5) is 0. The third-order valence-electron chi connectivity index (χ3n) is 2.51. The first-order valence-electron chi connectivity index (χ1n) is 5.13. The van der Waals surface area contributed by atoms with Crippen LogP contribution in [-0.4, -0.2) is 29.0 Å². The lowest BCUT2D eigenvalue weighted by atomic mass is 10.1. The molecule has 1 fully saturated rings. The molecule has 4 heteroatoms. The van der Waals surface area contributed by atoms with E-state index in [2.05, 4.69) is 10.4 Å². The van der Waals surface area contributed by atoms with Crippen molar-refractivity contribution in [1.82, 2.24) is 15.1 Å². The molecule has 2 rings (SSSR count). The van der Waals surface area contributed by atoms with E-state index >= 15 is 0 Å². The second-order valence-corrected chi connectivity index (χ2v) is 3.82. The van der Waals surface area contributed by atoms with Crippen molar-refractivity contribution in [2.45, 2.75) is 25.4 Å². The maximum Gasteiger partial charge on any atom is 0.0619 e. The molecule has 0 saturated carbocycles. The van der Waals surface area contributed by atoms with Gasteiger partial charge in [-0.1, -0.05) is 0 Å². The van der Waals surface area contributed by atoms with Crippen LogP contribution in [0.15, 0.2) is 12.4 Å². The third-order valence-corrected chi connectivity index (χ3v) is 2.51. The number of rotatable bonds is 3. The van der Waals surface area contributed by atoms with Gasteiger partial charge in [0.15, 0.2) is 0 Å². The van der Waals surface area contributed by atoms with E-state index in [1.54, 1.807) is 0 Å². The SMILES string of the molecule is Cn1cc(CN[C@H]2CCCOC2)cn1. The zero-order valence-corrected chi connectivity index (χ0v) is 8.57. The fraction of sp³-hybridized carbons (Fsp3) is 0.700. The van der Waals surface area contributed by atoms with Crippen LogP contribution in [-0.2, 0) is 18.3 Å². The average Bonchev–Trinajstić information content (AvgIpc) is 2.63. The van der Waals surface area contributed by atoms with Crippen molar-refractivity contribution in [3.8, 4) is 0 Å². The normalized spacial score (nSPS) is 22.5. The monoisotopic (exact) mass is 195 g/mol. The summed E-state index contributed by atoms with van der Waals surface area (Å²) in [6.07, 6.45) is 6.33. The van der Waals surface area contributed by atoms with E-state index in [-0.39, 0.29) is 0 Å². The van der Waals surface area contributed by atoms with Crippen molar-refractivity contribution in [2.75, 3.05) is 13.2 Å². The van der Waals surface area contributed by atoms with E-state index in [1.807, 2.05) is 24.1 Å². The van der Waals surface area contributed by atoms with Crippen LogP contribution in [0.5, 0.6) is 0 Å². The minimum atomic E-state index is 0.518. The van der Waals surface area contributed by atoms with E-state index in [4.69, 9.17) is 4.74 Å². The predicted molar refractivity (Wildman–Crippen MR) is 53.9 cm³/mol. The Morgan fingerprint density at radius 2 is 2.64 bits per heavy atom. The van der Waals surface area contributed by atoms with E-state index in [9.17, 15) is 0 Å². The van der Waals surface area contributed by atoms with Gasteiger partial charge in [0, 0.05) is 38.0 Å². The number of ether oxygens (including phenoxy) is 1. The predicted octanol–water partition coefficient (Wildman–Crippen LogP) is 0.689. The molecular formula is C10H17N3O. The molecule has 0 radical (unpaired) electrons. The molecule has 0 bridgehead atoms. The standard InChI is InChI=1S/C10H17N3O/c1-13-7-9(6-12-13)5-11-10-3-2-4-14-8-10/h6-7,10-11H,2-5,8H2,1H3/t10-/m0/s1. The summed E-state index contributed by atoms with van der Waals surface area (Å²) >= 11 is 0. The number of nitrogens with zero attached hydrogens (tertiary/aromatic N) is 2. The van der Waals surface area contributed by atoms with Gasteiger partial charge in [-0.05, 0) is 12.8 Å². The van der Waals surface area contributed by atoms with E-state index in [1.165, 1.54) is 18.4 Å². The van der Waals surface area contributed by atoms with E-state index in [0.717, 1.165) is 19.8 Å². The maximum atomic E-state index is 5.39. The van der Waals surface area contributed by atoms with Crippen molar-refractivity contribution >= 4 is 0 Å². The number of aryl methyl sites for hydroxylation is 1. The number of hydrogen-bond acceptors (Lipinski definition) is 3. The zero-order chi connectivity index (χ0) is 9.80. The van der Waals surface area contributed by atoms with Crippen molar-refractivity contribution in [1.29, 1.82) is 0 Å². The Kier molecular flexibility index (Phi) is 3.16. The minimum absolute atomic E-state index is 0.518. The second-order valence-electron chi connectivity index (χ2n) is 3.82. The molecule has 1 aliphatic rings. The molecule has 1 saturated heterocycles. The van der Waals surface area contributed by atoms with Gasteiger partial charge < -0.3 is 10.1 Å². The van der Waals surface area contributed by atoms with Crippen LogP contribution in [0.4, 0.5) is 0 Å². The Bertz CT molecular complexity index is 279. The Morgan fingerprint density at radius 3 is 3.29 bits per heavy atom. The summed E-state index contributed by atoms with van der Waals surface area (Å²) < 4.78 is 7.22. The smallest absolute Gasteiger partial charge is 0.0619 e. The third kappa shape index (κ3) is 2.56. The first-order valence-corrected chi connectivity index (χ1v) is 5.13. The molecule has 1 aliphatic heterocycles. The first kappa shape index (κ1) is 9.68. The average molecular weight is 195 g/mol. The summed E-state index contributed by atoms with van der Waals surface area (Å²) in [7, 11) is 1.94. The van der Waals surface area contributed by atoms with Gasteiger partial charge in [0.1, 0.15) is 0 Å². The molecule has 1 N–H and O–H groups in total. The first-order chi connectivity index (χ1) is 6.84. The zero-order valence-electron chi connectivity index (χ0n) is 8.57. The van der Waals surface area contributed by atoms with Crippen LogP contribution < -0.4 is 5.32 Å². The van der Waals surface area contributed by atoms with Gasteiger partial charge >= 0.3 is 0 Å². The lowest BCUT2D eigenvalue weighted by molar-refractivity contribution is 0.0699. The highest BCUT2D eigenvalue weighted by atomic mass is 16.5. The van der Waals surface area contributed by atoms with Crippen LogP contribution >= 0.6 is 0 Å². The molecule has 14 heavy (non-hydrogen) atoms. The van der Waals surface area contributed by atoms with Crippen LogP contribution in [0.2, 0.25) is 0 Å². The van der Waals surface area contributed by atoms with E-state index in [0.29, 0.717) is 6.04 Å². The highest BCUT2D eigenvalue weighted by molar-refractivity contribution is 5.03. The lowest BCUT2D eigenvalue weighted by Crippen LogP contribution is -2.36. The summed E-state index contributed by atoms with van der Waals surface area (Å²) in [6, 6.07) is 0.518. The fourth-order valence-corrected chi connectivity index (χ4v) is 1.73. The number of hydrogen-bond donors (Lipinski definition) is 1. The van der Waals surface area contributed by atoms with Crippen LogP contribution in [0, 0.1) is 0 Å². The Morgan fingerprint density at radius 1 is 1.71 bits per heavy atom. The summed E-state index contributed by atoms with van der Waals surface area (Å²) in [5, 5.41) is 7.60. The van der Waals surface area contributed by atoms with Gasteiger partial charge in [0.2, 0.25) is 0 Å². The van der Waals surface area contributed by atoms with Crippen molar-refractivity contribution in [3.63, 3.8) is 0 Å². The van der Waals surface area contributed by atoms with Gasteiger partial charge in [-0.3, -0.25) is 4.68 Å². The summed E-state index contributed by atoms with van der Waals surface area (Å²) in [5.41, 5.74) is 1.23. The van der Waals surface area contributed by atoms with Gasteiger partial charge in [0.25, 0.3) is 0 Å². The number of nitrogens with one attached hydrogen (secondary N) is 1. The topological polar surface area (TPSA) is 39.1 Å². The Balaban J connectivity index is 1.76. The van der Waals surface area contributed by atoms with Gasteiger partial charge in [0.05, 0.1) is 12.8 Å².